The van der Waals surface area contributed by atoms with Gasteiger partial charge in [-0.25, -0.2) is 0 Å². The molecule has 1 aromatic rings. The van der Waals surface area contributed by atoms with Gasteiger partial charge in [-0.1, -0.05) is 31.2 Å². The maximum atomic E-state index is 11.9. The van der Waals surface area contributed by atoms with Gasteiger partial charge in [0.05, 0.1) is 0 Å². The van der Waals surface area contributed by atoms with Gasteiger partial charge in [-0.2, -0.15) is 0 Å². The normalized spacial score (nSPS) is 35.9. The molecular formula is C14H14O2. The third kappa shape index (κ3) is 1.07. The molecule has 0 saturated heterocycles. The zero-order valence-electron chi connectivity index (χ0n) is 9.27. The topological polar surface area (TPSA) is 34.1 Å². The van der Waals surface area contributed by atoms with Crippen LogP contribution in [0.3, 0.4) is 0 Å². The number of ketones is 1. The Morgan fingerprint density at radius 3 is 2.69 bits per heavy atom. The highest BCUT2D eigenvalue weighted by molar-refractivity contribution is 5.92. The predicted octanol–water partition coefficient (Wildman–Crippen LogP) is 2.44. The van der Waals surface area contributed by atoms with Gasteiger partial charge < -0.3 is 4.79 Å². The smallest absolute Gasteiger partial charge is 0.141 e. The third-order valence-electron chi connectivity index (χ3n) is 4.25. The van der Waals surface area contributed by atoms with Crippen molar-refractivity contribution in [1.82, 2.24) is 0 Å². The molecule has 2 nitrogen and oxygen atoms in total. The van der Waals surface area contributed by atoms with Gasteiger partial charge in [0.25, 0.3) is 0 Å². The summed E-state index contributed by atoms with van der Waals surface area (Å²) in [7, 11) is 0. The fourth-order valence-corrected chi connectivity index (χ4v) is 3.30. The summed E-state index contributed by atoms with van der Waals surface area (Å²) in [5, 5.41) is 0. The Labute approximate surface area is 94.7 Å². The number of carbonyl (C=O) groups is 2. The van der Waals surface area contributed by atoms with E-state index in [1.54, 1.807) is 0 Å². The monoisotopic (exact) mass is 214 g/mol. The minimum Gasteiger partial charge on any atom is -0.303 e. The highest BCUT2D eigenvalue weighted by Crippen LogP contribution is 2.55. The van der Waals surface area contributed by atoms with Crippen LogP contribution in [0.2, 0.25) is 0 Å². The van der Waals surface area contributed by atoms with Crippen LogP contribution in [-0.2, 0) is 9.59 Å². The van der Waals surface area contributed by atoms with Crippen LogP contribution in [0.15, 0.2) is 24.3 Å². The largest absolute Gasteiger partial charge is 0.303 e. The molecule has 0 heterocycles. The number of aldehydes is 1. The molecule has 0 aliphatic heterocycles. The fourth-order valence-electron chi connectivity index (χ4n) is 3.30. The summed E-state index contributed by atoms with van der Waals surface area (Å²) in [6.07, 6.45) is 2.28. The molecule has 0 amide bonds. The first-order chi connectivity index (χ1) is 7.65. The summed E-state index contributed by atoms with van der Waals surface area (Å²) in [4.78, 5) is 23.2. The molecule has 1 saturated carbocycles. The van der Waals surface area contributed by atoms with Crippen molar-refractivity contribution in [3.8, 4) is 0 Å². The van der Waals surface area contributed by atoms with E-state index in [0.717, 1.165) is 11.8 Å². The molecule has 2 bridgehead atoms. The van der Waals surface area contributed by atoms with E-state index in [1.165, 1.54) is 5.56 Å². The van der Waals surface area contributed by atoms with E-state index in [9.17, 15) is 9.59 Å². The molecule has 3 aliphatic carbocycles. The average Bonchev–Trinajstić information content (AvgIpc) is 2.32. The van der Waals surface area contributed by atoms with Crippen molar-refractivity contribution in [2.75, 3.05) is 0 Å². The van der Waals surface area contributed by atoms with Crippen LogP contribution in [0.1, 0.15) is 42.7 Å². The second-order valence-electron chi connectivity index (χ2n) is 5.23. The maximum Gasteiger partial charge on any atom is 0.141 e. The van der Waals surface area contributed by atoms with Crippen molar-refractivity contribution in [3.63, 3.8) is 0 Å². The first-order valence-corrected chi connectivity index (χ1v) is 5.73. The highest BCUT2D eigenvalue weighted by atomic mass is 16.1. The van der Waals surface area contributed by atoms with Gasteiger partial charge in [0.2, 0.25) is 0 Å². The molecule has 1 aromatic carbocycles. The van der Waals surface area contributed by atoms with Gasteiger partial charge in [0.1, 0.15) is 12.1 Å². The molecule has 0 spiro atoms. The van der Waals surface area contributed by atoms with E-state index in [2.05, 4.69) is 6.07 Å². The maximum absolute atomic E-state index is 11.9. The summed E-state index contributed by atoms with van der Waals surface area (Å²) in [6, 6.07) is 8.08. The van der Waals surface area contributed by atoms with Gasteiger partial charge >= 0.3 is 0 Å². The van der Waals surface area contributed by atoms with Gasteiger partial charge in [-0.15, -0.1) is 0 Å². The quantitative estimate of drug-likeness (QED) is 0.673. The standard InChI is InChI=1S/C14H14O2/c1-14(8-15)7-11-9-4-2-3-5-10(9)12(14)6-13(11)16/h2-5,8,11-12H,6-7H2,1H3. The van der Waals surface area contributed by atoms with Crippen molar-refractivity contribution in [2.45, 2.75) is 31.6 Å². The van der Waals surface area contributed by atoms with Crippen LogP contribution in [0.4, 0.5) is 0 Å². The van der Waals surface area contributed by atoms with Crippen LogP contribution in [0.25, 0.3) is 0 Å². The lowest BCUT2D eigenvalue weighted by atomic mass is 9.55. The number of hydrogen-bond acceptors (Lipinski definition) is 2. The molecular weight excluding hydrogens is 200 g/mol. The van der Waals surface area contributed by atoms with Crippen LogP contribution in [0, 0.1) is 5.41 Å². The van der Waals surface area contributed by atoms with Crippen molar-refractivity contribution < 1.29 is 9.59 Å². The Hall–Kier alpha value is -1.44. The molecule has 16 heavy (non-hydrogen) atoms. The number of carbonyl (C=O) groups excluding carboxylic acids is 2. The molecule has 1 fully saturated rings. The van der Waals surface area contributed by atoms with E-state index in [4.69, 9.17) is 0 Å². The fraction of sp³-hybridized carbons (Fsp3) is 0.429. The lowest BCUT2D eigenvalue weighted by Crippen LogP contribution is -2.43. The number of fused-ring (bicyclic) bond motifs is 2. The Bertz CT molecular complexity index is 477. The zero-order chi connectivity index (χ0) is 11.3. The summed E-state index contributed by atoms with van der Waals surface area (Å²) in [5.41, 5.74) is 2.03. The van der Waals surface area contributed by atoms with Crippen LogP contribution >= 0.6 is 0 Å². The minimum absolute atomic E-state index is 0.0450. The average molecular weight is 214 g/mol. The summed E-state index contributed by atoms with van der Waals surface area (Å²) in [5.74, 6) is 0.359. The first kappa shape index (κ1) is 9.76. The minimum atomic E-state index is -0.340. The van der Waals surface area contributed by atoms with Crippen molar-refractivity contribution in [3.05, 3.63) is 35.4 Å². The van der Waals surface area contributed by atoms with Crippen molar-refractivity contribution in [1.29, 1.82) is 0 Å². The number of hydrogen-bond donors (Lipinski definition) is 0. The molecule has 0 radical (unpaired) electrons. The van der Waals surface area contributed by atoms with Crippen molar-refractivity contribution >= 4 is 12.1 Å². The van der Waals surface area contributed by atoms with Gasteiger partial charge in [-0.05, 0) is 17.5 Å². The first-order valence-electron chi connectivity index (χ1n) is 5.73. The van der Waals surface area contributed by atoms with Gasteiger partial charge in [0, 0.05) is 23.7 Å². The molecule has 3 unspecified atom stereocenters. The molecule has 82 valence electrons. The summed E-state index contributed by atoms with van der Waals surface area (Å²) >= 11 is 0. The van der Waals surface area contributed by atoms with Crippen LogP contribution < -0.4 is 0 Å². The number of benzene rings is 1. The van der Waals surface area contributed by atoms with Crippen molar-refractivity contribution in [2.24, 2.45) is 5.41 Å². The lowest BCUT2D eigenvalue weighted by Gasteiger charge is -2.47. The zero-order valence-corrected chi connectivity index (χ0v) is 9.27. The molecule has 3 aliphatic rings. The van der Waals surface area contributed by atoms with E-state index in [0.29, 0.717) is 18.6 Å². The third-order valence-corrected chi connectivity index (χ3v) is 4.25. The molecule has 4 rings (SSSR count). The number of rotatable bonds is 1. The summed E-state index contributed by atoms with van der Waals surface area (Å²) in [6.45, 7) is 1.99. The predicted molar refractivity (Wildman–Crippen MR) is 60.3 cm³/mol. The second kappa shape index (κ2) is 3.03. The molecule has 2 heteroatoms. The van der Waals surface area contributed by atoms with Crippen LogP contribution in [-0.4, -0.2) is 12.1 Å². The van der Waals surface area contributed by atoms with Crippen LogP contribution in [0.5, 0.6) is 0 Å². The molecule has 0 aromatic heterocycles. The molecule has 0 N–H and O–H groups in total. The SMILES string of the molecule is CC1(C=O)CC2C(=O)CC1c1ccccc12. The lowest BCUT2D eigenvalue weighted by molar-refractivity contribution is -0.130. The van der Waals surface area contributed by atoms with E-state index in [-0.39, 0.29) is 17.3 Å². The Balaban J connectivity index is 2.21. The van der Waals surface area contributed by atoms with E-state index in [1.807, 2.05) is 25.1 Å². The second-order valence-corrected chi connectivity index (χ2v) is 5.23. The van der Waals surface area contributed by atoms with Gasteiger partial charge in [0.15, 0.2) is 0 Å². The molecule has 3 atom stereocenters. The van der Waals surface area contributed by atoms with E-state index < -0.39 is 0 Å². The Kier molecular flexibility index (Phi) is 1.85. The highest BCUT2D eigenvalue weighted by Gasteiger charge is 2.50. The van der Waals surface area contributed by atoms with Gasteiger partial charge in [-0.3, -0.25) is 4.79 Å². The summed E-state index contributed by atoms with van der Waals surface area (Å²) < 4.78 is 0. The Morgan fingerprint density at radius 1 is 1.31 bits per heavy atom. The Morgan fingerprint density at radius 2 is 2.00 bits per heavy atom. The number of Topliss-reactive ketones (excluding diaryl/α,β-unsaturated/α-hetero) is 1. The van der Waals surface area contributed by atoms with E-state index >= 15 is 0 Å².